The Kier molecular flexibility index (Phi) is 8.15. The van der Waals surface area contributed by atoms with Gasteiger partial charge in [-0.1, -0.05) is 26.2 Å². The van der Waals surface area contributed by atoms with Crippen LogP contribution in [0.2, 0.25) is 0 Å². The molecule has 0 heterocycles. The predicted molar refractivity (Wildman–Crippen MR) is 81.0 cm³/mol. The van der Waals surface area contributed by atoms with Crippen molar-refractivity contribution in [1.82, 2.24) is 5.32 Å². The predicted octanol–water partition coefficient (Wildman–Crippen LogP) is 3.21. The van der Waals surface area contributed by atoms with Crippen LogP contribution >= 0.6 is 0 Å². The Morgan fingerprint density at radius 2 is 2.10 bits per heavy atom. The van der Waals surface area contributed by atoms with Gasteiger partial charge in [-0.25, -0.2) is 0 Å². The molecule has 1 rings (SSSR count). The molecule has 1 aliphatic rings. The lowest BCUT2D eigenvalue weighted by Crippen LogP contribution is -2.49. The lowest BCUT2D eigenvalue weighted by atomic mass is 9.83. The molecule has 1 aliphatic carbocycles. The summed E-state index contributed by atoms with van der Waals surface area (Å²) >= 11 is 0. The number of hydrogen-bond donors (Lipinski definition) is 2. The molecule has 0 radical (unpaired) electrons. The van der Waals surface area contributed by atoms with Gasteiger partial charge in [0.2, 0.25) is 0 Å². The minimum atomic E-state index is -0.790. The van der Waals surface area contributed by atoms with E-state index >= 15 is 0 Å². The van der Waals surface area contributed by atoms with Crippen LogP contribution in [0.3, 0.4) is 0 Å². The normalized spacial score (nSPS) is 18.5. The van der Waals surface area contributed by atoms with E-state index in [1.54, 1.807) is 6.92 Å². The van der Waals surface area contributed by atoms with Crippen molar-refractivity contribution in [3.63, 3.8) is 0 Å². The van der Waals surface area contributed by atoms with Gasteiger partial charge in [-0.2, -0.15) is 0 Å². The van der Waals surface area contributed by atoms with E-state index in [0.717, 1.165) is 44.9 Å². The molecule has 0 bridgehead atoms. The summed E-state index contributed by atoms with van der Waals surface area (Å²) in [6.45, 7) is 6.21. The molecule has 118 valence electrons. The molecule has 2 N–H and O–H groups in total. The van der Waals surface area contributed by atoms with Gasteiger partial charge in [0.25, 0.3) is 0 Å². The zero-order valence-corrected chi connectivity index (χ0v) is 13.1. The standard InChI is InChI=1S/C16H31NO3/c1-3-11-17-16(2,15(18)19)10-4-5-12-20-13-9-14-7-6-8-14/h14,17H,3-13H2,1-2H3,(H,18,19). The lowest BCUT2D eigenvalue weighted by Gasteiger charge is -2.26. The van der Waals surface area contributed by atoms with Crippen molar-refractivity contribution in [2.45, 2.75) is 70.8 Å². The summed E-state index contributed by atoms with van der Waals surface area (Å²) in [5.41, 5.74) is -0.790. The summed E-state index contributed by atoms with van der Waals surface area (Å²) in [7, 11) is 0. The highest BCUT2D eigenvalue weighted by atomic mass is 16.5. The molecule has 0 spiro atoms. The fraction of sp³-hybridized carbons (Fsp3) is 0.938. The van der Waals surface area contributed by atoms with Crippen LogP contribution in [0.4, 0.5) is 0 Å². The third-order valence-corrected chi connectivity index (χ3v) is 4.35. The smallest absolute Gasteiger partial charge is 0.323 e. The Labute approximate surface area is 123 Å². The molecule has 1 unspecified atom stereocenters. The first-order valence-corrected chi connectivity index (χ1v) is 8.14. The number of unbranched alkanes of at least 4 members (excludes halogenated alkanes) is 1. The lowest BCUT2D eigenvalue weighted by molar-refractivity contribution is -0.144. The summed E-state index contributed by atoms with van der Waals surface area (Å²) in [4.78, 5) is 11.3. The minimum absolute atomic E-state index is 0.661. The summed E-state index contributed by atoms with van der Waals surface area (Å²) in [6.07, 6.45) is 8.80. The van der Waals surface area contributed by atoms with Crippen molar-refractivity contribution in [2.24, 2.45) is 5.92 Å². The second-order valence-corrected chi connectivity index (χ2v) is 6.22. The topological polar surface area (TPSA) is 58.6 Å². The van der Waals surface area contributed by atoms with Crippen LogP contribution in [0.1, 0.15) is 65.2 Å². The van der Waals surface area contributed by atoms with Crippen molar-refractivity contribution in [3.05, 3.63) is 0 Å². The molecular formula is C16H31NO3. The molecule has 1 atom stereocenters. The fourth-order valence-corrected chi connectivity index (χ4v) is 2.49. The molecule has 1 fully saturated rings. The number of aliphatic carboxylic acids is 1. The van der Waals surface area contributed by atoms with Crippen LogP contribution in [0, 0.1) is 5.92 Å². The maximum absolute atomic E-state index is 11.3. The quantitative estimate of drug-likeness (QED) is 0.541. The maximum atomic E-state index is 11.3. The minimum Gasteiger partial charge on any atom is -0.480 e. The van der Waals surface area contributed by atoms with E-state index in [1.165, 1.54) is 25.7 Å². The van der Waals surface area contributed by atoms with Crippen LogP contribution in [0.25, 0.3) is 0 Å². The zero-order valence-electron chi connectivity index (χ0n) is 13.1. The van der Waals surface area contributed by atoms with Crippen LogP contribution < -0.4 is 5.32 Å². The molecular weight excluding hydrogens is 254 g/mol. The average Bonchev–Trinajstić information content (AvgIpc) is 2.37. The largest absolute Gasteiger partial charge is 0.480 e. The summed E-state index contributed by atoms with van der Waals surface area (Å²) in [5.74, 6) is 0.153. The van der Waals surface area contributed by atoms with E-state index in [9.17, 15) is 9.90 Å². The SMILES string of the molecule is CCCNC(C)(CCCCOCCC1CCC1)C(=O)O. The van der Waals surface area contributed by atoms with E-state index in [4.69, 9.17) is 4.74 Å². The van der Waals surface area contributed by atoms with Gasteiger partial charge in [0.05, 0.1) is 0 Å². The third-order valence-electron chi connectivity index (χ3n) is 4.35. The summed E-state index contributed by atoms with van der Waals surface area (Å²) in [6, 6.07) is 0. The van der Waals surface area contributed by atoms with E-state index < -0.39 is 11.5 Å². The van der Waals surface area contributed by atoms with Gasteiger partial charge in [0.15, 0.2) is 0 Å². The first kappa shape index (κ1) is 17.4. The van der Waals surface area contributed by atoms with Gasteiger partial charge in [0.1, 0.15) is 5.54 Å². The van der Waals surface area contributed by atoms with Crippen LogP contribution in [-0.2, 0) is 9.53 Å². The van der Waals surface area contributed by atoms with Gasteiger partial charge < -0.3 is 15.2 Å². The second-order valence-electron chi connectivity index (χ2n) is 6.22. The molecule has 4 heteroatoms. The number of hydrogen-bond acceptors (Lipinski definition) is 3. The Bertz CT molecular complexity index is 279. The molecule has 20 heavy (non-hydrogen) atoms. The first-order valence-electron chi connectivity index (χ1n) is 8.14. The van der Waals surface area contributed by atoms with Gasteiger partial charge >= 0.3 is 5.97 Å². The van der Waals surface area contributed by atoms with Crippen LogP contribution in [-0.4, -0.2) is 36.4 Å². The highest BCUT2D eigenvalue weighted by molar-refractivity contribution is 5.78. The first-order chi connectivity index (χ1) is 9.58. The molecule has 0 amide bonds. The van der Waals surface area contributed by atoms with Crippen molar-refractivity contribution in [3.8, 4) is 0 Å². The molecule has 0 aliphatic heterocycles. The molecule has 0 saturated heterocycles. The Hall–Kier alpha value is -0.610. The number of nitrogens with one attached hydrogen (secondary N) is 1. The number of ether oxygens (including phenoxy) is 1. The van der Waals surface area contributed by atoms with Crippen LogP contribution in [0.5, 0.6) is 0 Å². The van der Waals surface area contributed by atoms with Gasteiger partial charge in [-0.15, -0.1) is 0 Å². The number of rotatable bonds is 12. The zero-order chi connectivity index (χ0) is 14.8. The van der Waals surface area contributed by atoms with Crippen molar-refractivity contribution in [2.75, 3.05) is 19.8 Å². The van der Waals surface area contributed by atoms with Crippen molar-refractivity contribution in [1.29, 1.82) is 0 Å². The highest BCUT2D eigenvalue weighted by Gasteiger charge is 2.31. The number of carboxylic acids is 1. The Balaban J connectivity index is 2.03. The third kappa shape index (κ3) is 6.23. The highest BCUT2D eigenvalue weighted by Crippen LogP contribution is 2.29. The van der Waals surface area contributed by atoms with Crippen LogP contribution in [0.15, 0.2) is 0 Å². The van der Waals surface area contributed by atoms with Gasteiger partial charge in [-0.05, 0) is 51.5 Å². The maximum Gasteiger partial charge on any atom is 0.323 e. The Morgan fingerprint density at radius 3 is 2.65 bits per heavy atom. The van der Waals surface area contributed by atoms with E-state index in [-0.39, 0.29) is 0 Å². The number of carboxylic acid groups (broad SMARTS) is 1. The van der Waals surface area contributed by atoms with Gasteiger partial charge in [-0.3, -0.25) is 4.79 Å². The average molecular weight is 285 g/mol. The summed E-state index contributed by atoms with van der Waals surface area (Å²) in [5, 5.41) is 12.4. The Morgan fingerprint density at radius 1 is 1.35 bits per heavy atom. The molecule has 0 aromatic rings. The molecule has 0 aromatic carbocycles. The second kappa shape index (κ2) is 9.35. The van der Waals surface area contributed by atoms with E-state index in [0.29, 0.717) is 6.42 Å². The van der Waals surface area contributed by atoms with Gasteiger partial charge in [0, 0.05) is 13.2 Å². The summed E-state index contributed by atoms with van der Waals surface area (Å²) < 4.78 is 5.63. The monoisotopic (exact) mass is 285 g/mol. The van der Waals surface area contributed by atoms with Crippen molar-refractivity contribution < 1.29 is 14.6 Å². The van der Waals surface area contributed by atoms with E-state index in [1.807, 2.05) is 6.92 Å². The van der Waals surface area contributed by atoms with E-state index in [2.05, 4.69) is 5.32 Å². The van der Waals surface area contributed by atoms with Crippen molar-refractivity contribution >= 4 is 5.97 Å². The molecule has 4 nitrogen and oxygen atoms in total. The molecule has 0 aromatic heterocycles. The molecule has 1 saturated carbocycles. The number of carbonyl (C=O) groups is 1. The fourth-order valence-electron chi connectivity index (χ4n) is 2.49.